The number of imide groups is 1. The molecule has 8 heteroatoms. The first kappa shape index (κ1) is 14.6. The molecule has 1 saturated heterocycles. The molecule has 1 fully saturated rings. The van der Waals surface area contributed by atoms with E-state index in [0.717, 1.165) is 11.0 Å². The molecule has 4 amide bonds. The predicted octanol–water partition coefficient (Wildman–Crippen LogP) is -0.959. The van der Waals surface area contributed by atoms with Gasteiger partial charge in [0.15, 0.2) is 0 Å². The minimum atomic E-state index is -0.741. The first-order chi connectivity index (χ1) is 9.97. The second-order valence-corrected chi connectivity index (χ2v) is 4.38. The SMILES string of the molecule is O=C1CN(C(=O)CNC(=O)c2ccccc2F)CC(=O)N1. The maximum atomic E-state index is 13.4. The Hall–Kier alpha value is -2.77. The van der Waals surface area contributed by atoms with Gasteiger partial charge in [-0.25, -0.2) is 4.39 Å². The molecule has 7 nitrogen and oxygen atoms in total. The summed E-state index contributed by atoms with van der Waals surface area (Å²) in [7, 11) is 0. The molecule has 1 aromatic rings. The zero-order chi connectivity index (χ0) is 15.4. The van der Waals surface area contributed by atoms with E-state index in [9.17, 15) is 23.6 Å². The number of benzene rings is 1. The van der Waals surface area contributed by atoms with E-state index in [2.05, 4.69) is 10.6 Å². The lowest BCUT2D eigenvalue weighted by Crippen LogP contribution is -2.55. The van der Waals surface area contributed by atoms with Gasteiger partial charge in [-0.2, -0.15) is 0 Å². The first-order valence-electron chi connectivity index (χ1n) is 6.10. The third-order valence-electron chi connectivity index (χ3n) is 2.82. The quantitative estimate of drug-likeness (QED) is 0.702. The monoisotopic (exact) mass is 293 g/mol. The standard InChI is InChI=1S/C13H12FN3O4/c14-9-4-2-1-3-8(9)13(21)15-5-12(20)17-6-10(18)16-11(19)7-17/h1-4H,5-7H2,(H,15,21)(H,16,18,19). The van der Waals surface area contributed by atoms with Crippen LogP contribution in [-0.4, -0.2) is 48.2 Å². The van der Waals surface area contributed by atoms with Gasteiger partial charge in [0.2, 0.25) is 17.7 Å². The summed E-state index contributed by atoms with van der Waals surface area (Å²) in [4.78, 5) is 46.8. The highest BCUT2D eigenvalue weighted by atomic mass is 19.1. The van der Waals surface area contributed by atoms with Crippen LogP contribution < -0.4 is 10.6 Å². The van der Waals surface area contributed by atoms with Crippen LogP contribution in [0.4, 0.5) is 4.39 Å². The van der Waals surface area contributed by atoms with E-state index in [1.54, 1.807) is 0 Å². The summed E-state index contributed by atoms with van der Waals surface area (Å²) in [5, 5.41) is 4.31. The minimum absolute atomic E-state index is 0.183. The number of carbonyl (C=O) groups is 4. The highest BCUT2D eigenvalue weighted by Crippen LogP contribution is 2.05. The second-order valence-electron chi connectivity index (χ2n) is 4.38. The molecule has 0 atom stereocenters. The summed E-state index contributed by atoms with van der Waals surface area (Å²) in [6, 6.07) is 5.35. The van der Waals surface area contributed by atoms with Crippen LogP contribution >= 0.6 is 0 Å². The lowest BCUT2D eigenvalue weighted by Gasteiger charge is -2.25. The molecule has 2 N–H and O–H groups in total. The van der Waals surface area contributed by atoms with Gasteiger partial charge in [0.05, 0.1) is 12.1 Å². The molecule has 1 heterocycles. The summed E-state index contributed by atoms with van der Waals surface area (Å²) < 4.78 is 13.4. The summed E-state index contributed by atoms with van der Waals surface area (Å²) >= 11 is 0. The molecular weight excluding hydrogens is 281 g/mol. The van der Waals surface area contributed by atoms with E-state index in [0.29, 0.717) is 0 Å². The van der Waals surface area contributed by atoms with Crippen molar-refractivity contribution < 1.29 is 23.6 Å². The zero-order valence-electron chi connectivity index (χ0n) is 10.9. The van der Waals surface area contributed by atoms with Crippen LogP contribution in [0.25, 0.3) is 0 Å². The van der Waals surface area contributed by atoms with Crippen molar-refractivity contribution in [2.75, 3.05) is 19.6 Å². The molecule has 0 bridgehead atoms. The van der Waals surface area contributed by atoms with Crippen LogP contribution in [0.1, 0.15) is 10.4 Å². The van der Waals surface area contributed by atoms with Crippen molar-refractivity contribution in [2.24, 2.45) is 0 Å². The Labute approximate surface area is 119 Å². The topological polar surface area (TPSA) is 95.6 Å². The molecule has 1 aromatic carbocycles. The van der Waals surface area contributed by atoms with Crippen LogP contribution in [0.2, 0.25) is 0 Å². The molecule has 2 rings (SSSR count). The fourth-order valence-corrected chi connectivity index (χ4v) is 1.82. The van der Waals surface area contributed by atoms with Crippen LogP contribution in [0.3, 0.4) is 0 Å². The molecule has 0 unspecified atom stereocenters. The number of halogens is 1. The van der Waals surface area contributed by atoms with Gasteiger partial charge in [-0.05, 0) is 12.1 Å². The van der Waals surface area contributed by atoms with E-state index >= 15 is 0 Å². The van der Waals surface area contributed by atoms with Crippen LogP contribution in [0.15, 0.2) is 24.3 Å². The maximum absolute atomic E-state index is 13.4. The van der Waals surface area contributed by atoms with Crippen molar-refractivity contribution in [2.45, 2.75) is 0 Å². The van der Waals surface area contributed by atoms with Gasteiger partial charge < -0.3 is 10.2 Å². The molecule has 0 spiro atoms. The van der Waals surface area contributed by atoms with Crippen molar-refractivity contribution in [3.8, 4) is 0 Å². The summed E-state index contributed by atoms with van der Waals surface area (Å²) in [5.41, 5.74) is -0.183. The fraction of sp³-hybridized carbons (Fsp3) is 0.231. The molecule has 1 aliphatic heterocycles. The Morgan fingerprint density at radius 1 is 1.19 bits per heavy atom. The molecular formula is C13H12FN3O4. The Morgan fingerprint density at radius 3 is 2.43 bits per heavy atom. The largest absolute Gasteiger partial charge is 0.343 e. The summed E-state index contributed by atoms with van der Waals surface area (Å²) in [5.74, 6) is -3.20. The summed E-state index contributed by atoms with van der Waals surface area (Å²) in [6.07, 6.45) is 0. The predicted molar refractivity (Wildman–Crippen MR) is 68.5 cm³/mol. The number of piperazine rings is 1. The number of amides is 4. The lowest BCUT2D eigenvalue weighted by atomic mass is 10.2. The minimum Gasteiger partial charge on any atom is -0.343 e. The van der Waals surface area contributed by atoms with Gasteiger partial charge in [0.25, 0.3) is 5.91 Å². The third kappa shape index (κ3) is 3.62. The molecule has 0 aromatic heterocycles. The lowest BCUT2D eigenvalue weighted by molar-refractivity contribution is -0.144. The van der Waals surface area contributed by atoms with Crippen molar-refractivity contribution in [1.29, 1.82) is 0 Å². The first-order valence-corrected chi connectivity index (χ1v) is 6.10. The normalized spacial score (nSPS) is 14.6. The average molecular weight is 293 g/mol. The molecule has 110 valence electrons. The van der Waals surface area contributed by atoms with Crippen molar-refractivity contribution >= 4 is 23.6 Å². The highest BCUT2D eigenvalue weighted by molar-refractivity contribution is 6.03. The van der Waals surface area contributed by atoms with Gasteiger partial charge in [0, 0.05) is 0 Å². The van der Waals surface area contributed by atoms with Gasteiger partial charge in [-0.15, -0.1) is 0 Å². The smallest absolute Gasteiger partial charge is 0.254 e. The van der Waals surface area contributed by atoms with Gasteiger partial charge >= 0.3 is 0 Å². The number of hydrogen-bond acceptors (Lipinski definition) is 4. The van der Waals surface area contributed by atoms with Crippen molar-refractivity contribution in [3.05, 3.63) is 35.6 Å². The Morgan fingerprint density at radius 2 is 1.81 bits per heavy atom. The van der Waals surface area contributed by atoms with Crippen LogP contribution in [0.5, 0.6) is 0 Å². The zero-order valence-corrected chi connectivity index (χ0v) is 10.9. The highest BCUT2D eigenvalue weighted by Gasteiger charge is 2.26. The van der Waals surface area contributed by atoms with Crippen molar-refractivity contribution in [3.63, 3.8) is 0 Å². The fourth-order valence-electron chi connectivity index (χ4n) is 1.82. The van der Waals surface area contributed by atoms with E-state index in [4.69, 9.17) is 0 Å². The Balaban J connectivity index is 1.92. The van der Waals surface area contributed by atoms with E-state index in [1.165, 1.54) is 18.2 Å². The molecule has 0 saturated carbocycles. The average Bonchev–Trinajstić information content (AvgIpc) is 2.43. The van der Waals surface area contributed by atoms with Crippen LogP contribution in [0, 0.1) is 5.82 Å². The third-order valence-corrected chi connectivity index (χ3v) is 2.82. The number of nitrogens with one attached hydrogen (secondary N) is 2. The molecule has 21 heavy (non-hydrogen) atoms. The number of hydrogen-bond donors (Lipinski definition) is 2. The van der Waals surface area contributed by atoms with E-state index in [1.807, 2.05) is 0 Å². The number of rotatable bonds is 3. The molecule has 0 aliphatic carbocycles. The Kier molecular flexibility index (Phi) is 4.27. The van der Waals surface area contributed by atoms with Crippen LogP contribution in [-0.2, 0) is 14.4 Å². The Bertz CT molecular complexity index is 601. The summed E-state index contributed by atoms with van der Waals surface area (Å²) in [6.45, 7) is -0.923. The number of nitrogens with zero attached hydrogens (tertiary/aromatic N) is 1. The number of carbonyl (C=O) groups excluding carboxylic acids is 4. The molecule has 1 aliphatic rings. The van der Waals surface area contributed by atoms with E-state index in [-0.39, 0.29) is 18.7 Å². The van der Waals surface area contributed by atoms with Gasteiger partial charge in [-0.3, -0.25) is 24.5 Å². The van der Waals surface area contributed by atoms with Crippen molar-refractivity contribution in [1.82, 2.24) is 15.5 Å². The van der Waals surface area contributed by atoms with Gasteiger partial charge in [0.1, 0.15) is 18.9 Å². The maximum Gasteiger partial charge on any atom is 0.254 e. The van der Waals surface area contributed by atoms with E-state index < -0.39 is 36.0 Å². The molecule has 0 radical (unpaired) electrons. The van der Waals surface area contributed by atoms with Gasteiger partial charge in [-0.1, -0.05) is 12.1 Å². The second kappa shape index (κ2) is 6.12.